The highest BCUT2D eigenvalue weighted by Crippen LogP contribution is 2.35. The number of rotatable bonds is 4. The first-order valence-corrected chi connectivity index (χ1v) is 9.78. The van der Waals surface area contributed by atoms with Gasteiger partial charge in [0.2, 0.25) is 0 Å². The average Bonchev–Trinajstić information content (AvgIpc) is 3.10. The average molecular weight is 399 g/mol. The SMILES string of the molecule is COc1cc2nn([C@H]3CC[C@H](C)CC3)cc2cc1NC(=O)c1ccc(F)cc1F. The topological polar surface area (TPSA) is 56.1 Å². The first-order chi connectivity index (χ1) is 13.9. The quantitative estimate of drug-likeness (QED) is 0.645. The highest BCUT2D eigenvalue weighted by Gasteiger charge is 2.21. The van der Waals surface area contributed by atoms with Gasteiger partial charge in [-0.15, -0.1) is 0 Å². The molecule has 3 aromatic rings. The zero-order valence-electron chi connectivity index (χ0n) is 16.4. The lowest BCUT2D eigenvalue weighted by molar-refractivity contribution is 0.102. The summed E-state index contributed by atoms with van der Waals surface area (Å²) in [5.41, 5.74) is 0.942. The molecule has 7 heteroatoms. The molecule has 0 atom stereocenters. The van der Waals surface area contributed by atoms with Gasteiger partial charge in [0, 0.05) is 23.7 Å². The summed E-state index contributed by atoms with van der Waals surface area (Å²) in [5.74, 6) is -1.14. The van der Waals surface area contributed by atoms with Crippen molar-refractivity contribution >= 4 is 22.5 Å². The van der Waals surface area contributed by atoms with E-state index in [1.54, 1.807) is 12.1 Å². The largest absolute Gasteiger partial charge is 0.494 e. The number of halogens is 2. The van der Waals surface area contributed by atoms with Crippen LogP contribution in [0.25, 0.3) is 10.9 Å². The van der Waals surface area contributed by atoms with Gasteiger partial charge in [-0.3, -0.25) is 9.48 Å². The van der Waals surface area contributed by atoms with E-state index in [1.165, 1.54) is 20.0 Å². The third kappa shape index (κ3) is 3.95. The number of benzene rings is 2. The zero-order chi connectivity index (χ0) is 20.5. The lowest BCUT2D eigenvalue weighted by Gasteiger charge is -2.26. The summed E-state index contributed by atoms with van der Waals surface area (Å²) in [4.78, 5) is 12.5. The van der Waals surface area contributed by atoms with E-state index in [9.17, 15) is 13.6 Å². The predicted octanol–water partition coefficient (Wildman–Crippen LogP) is 5.33. The van der Waals surface area contributed by atoms with E-state index < -0.39 is 17.5 Å². The van der Waals surface area contributed by atoms with Gasteiger partial charge in [-0.1, -0.05) is 6.92 Å². The lowest BCUT2D eigenvalue weighted by Crippen LogP contribution is -2.16. The number of anilines is 1. The smallest absolute Gasteiger partial charge is 0.258 e. The number of nitrogens with one attached hydrogen (secondary N) is 1. The molecule has 1 heterocycles. The fourth-order valence-electron chi connectivity index (χ4n) is 3.90. The van der Waals surface area contributed by atoms with Crippen molar-refractivity contribution in [2.24, 2.45) is 5.92 Å². The standard InChI is InChI=1S/C22H23F2N3O2/c1-13-3-6-16(7-4-13)27-12-14-9-20(21(29-2)11-19(14)26-27)25-22(28)17-8-5-15(23)10-18(17)24/h5,8-13,16H,3-4,6-7H2,1-2H3,(H,25,28)/t13-,16-. The van der Waals surface area contributed by atoms with E-state index in [4.69, 9.17) is 9.84 Å². The molecular formula is C22H23F2N3O2. The first kappa shape index (κ1) is 19.4. The van der Waals surface area contributed by atoms with Crippen LogP contribution in [0.1, 0.15) is 49.0 Å². The summed E-state index contributed by atoms with van der Waals surface area (Å²) < 4.78 is 34.4. The third-order valence-corrected chi connectivity index (χ3v) is 5.63. The summed E-state index contributed by atoms with van der Waals surface area (Å²) in [6, 6.07) is 6.75. The molecule has 1 aromatic heterocycles. The van der Waals surface area contributed by atoms with Crippen molar-refractivity contribution in [3.8, 4) is 5.75 Å². The number of nitrogens with zero attached hydrogens (tertiary/aromatic N) is 2. The van der Waals surface area contributed by atoms with Crippen molar-refractivity contribution in [1.29, 1.82) is 0 Å². The number of hydrogen-bond acceptors (Lipinski definition) is 3. The van der Waals surface area contributed by atoms with Gasteiger partial charge in [-0.2, -0.15) is 5.10 Å². The predicted molar refractivity (Wildman–Crippen MR) is 107 cm³/mol. The second kappa shape index (κ2) is 7.81. The summed E-state index contributed by atoms with van der Waals surface area (Å²) >= 11 is 0. The van der Waals surface area contributed by atoms with Crippen LogP contribution in [0.15, 0.2) is 36.5 Å². The molecule has 4 rings (SSSR count). The normalized spacial score (nSPS) is 19.3. The van der Waals surface area contributed by atoms with Crippen LogP contribution in [0.4, 0.5) is 14.5 Å². The number of carbonyl (C=O) groups is 1. The van der Waals surface area contributed by atoms with Crippen LogP contribution >= 0.6 is 0 Å². The summed E-state index contributed by atoms with van der Waals surface area (Å²) in [5, 5.41) is 8.22. The maximum Gasteiger partial charge on any atom is 0.258 e. The number of fused-ring (bicyclic) bond motifs is 1. The Kier molecular flexibility index (Phi) is 5.22. The molecule has 1 saturated carbocycles. The monoisotopic (exact) mass is 399 g/mol. The highest BCUT2D eigenvalue weighted by molar-refractivity contribution is 6.06. The van der Waals surface area contributed by atoms with Gasteiger partial charge in [0.1, 0.15) is 17.4 Å². The van der Waals surface area contributed by atoms with Gasteiger partial charge in [0.25, 0.3) is 5.91 Å². The Bertz CT molecular complexity index is 1060. The van der Waals surface area contributed by atoms with Crippen molar-refractivity contribution in [3.05, 3.63) is 53.7 Å². The lowest BCUT2D eigenvalue weighted by atomic mass is 9.87. The van der Waals surface area contributed by atoms with Crippen molar-refractivity contribution < 1.29 is 18.3 Å². The minimum absolute atomic E-state index is 0.236. The van der Waals surface area contributed by atoms with Gasteiger partial charge in [0.05, 0.1) is 29.9 Å². The van der Waals surface area contributed by atoms with Crippen molar-refractivity contribution in [3.63, 3.8) is 0 Å². The van der Waals surface area contributed by atoms with E-state index in [0.29, 0.717) is 23.5 Å². The summed E-state index contributed by atoms with van der Waals surface area (Å²) in [6.45, 7) is 2.28. The summed E-state index contributed by atoms with van der Waals surface area (Å²) in [6.07, 6.45) is 6.55. The molecule has 0 saturated heterocycles. The van der Waals surface area contributed by atoms with Crippen LogP contribution in [0.3, 0.4) is 0 Å². The molecule has 1 fully saturated rings. The van der Waals surface area contributed by atoms with E-state index in [1.807, 2.05) is 10.9 Å². The van der Waals surface area contributed by atoms with Crippen molar-refractivity contribution in [2.75, 3.05) is 12.4 Å². The molecule has 0 spiro atoms. The van der Waals surface area contributed by atoms with Crippen LogP contribution in [0.5, 0.6) is 5.75 Å². The number of carbonyl (C=O) groups excluding carboxylic acids is 1. The number of ether oxygens (including phenoxy) is 1. The molecule has 5 nitrogen and oxygen atoms in total. The second-order valence-electron chi connectivity index (χ2n) is 7.71. The molecule has 2 aromatic carbocycles. The maximum absolute atomic E-state index is 13.9. The Morgan fingerprint density at radius 1 is 1.17 bits per heavy atom. The fraction of sp³-hybridized carbons (Fsp3) is 0.364. The van der Waals surface area contributed by atoms with Gasteiger partial charge in [-0.25, -0.2) is 8.78 Å². The van der Waals surface area contributed by atoms with Gasteiger partial charge < -0.3 is 10.1 Å². The first-order valence-electron chi connectivity index (χ1n) is 9.78. The number of amides is 1. The Hall–Kier alpha value is -2.96. The maximum atomic E-state index is 13.9. The fourth-order valence-corrected chi connectivity index (χ4v) is 3.90. The van der Waals surface area contributed by atoms with Crippen LogP contribution < -0.4 is 10.1 Å². The minimum Gasteiger partial charge on any atom is -0.494 e. The highest BCUT2D eigenvalue weighted by atomic mass is 19.1. The third-order valence-electron chi connectivity index (χ3n) is 5.63. The summed E-state index contributed by atoms with van der Waals surface area (Å²) in [7, 11) is 1.49. The molecule has 1 aliphatic rings. The molecule has 152 valence electrons. The Morgan fingerprint density at radius 2 is 1.93 bits per heavy atom. The second-order valence-corrected chi connectivity index (χ2v) is 7.71. The Balaban J connectivity index is 1.62. The van der Waals surface area contributed by atoms with Crippen molar-refractivity contribution in [2.45, 2.75) is 38.6 Å². The number of methoxy groups -OCH3 is 1. The van der Waals surface area contributed by atoms with Gasteiger partial charge in [-0.05, 0) is 49.8 Å². The Labute approximate surface area is 167 Å². The molecular weight excluding hydrogens is 376 g/mol. The molecule has 0 bridgehead atoms. The van der Waals surface area contributed by atoms with Crippen LogP contribution in [-0.4, -0.2) is 22.8 Å². The number of aromatic nitrogens is 2. The molecule has 0 radical (unpaired) electrons. The molecule has 0 aliphatic heterocycles. The van der Waals surface area contributed by atoms with E-state index >= 15 is 0 Å². The molecule has 29 heavy (non-hydrogen) atoms. The van der Waals surface area contributed by atoms with Crippen LogP contribution in [0.2, 0.25) is 0 Å². The molecule has 1 N–H and O–H groups in total. The van der Waals surface area contributed by atoms with E-state index in [2.05, 4.69) is 12.2 Å². The van der Waals surface area contributed by atoms with Gasteiger partial charge >= 0.3 is 0 Å². The molecule has 0 unspecified atom stereocenters. The van der Waals surface area contributed by atoms with Crippen LogP contribution in [-0.2, 0) is 0 Å². The number of hydrogen-bond donors (Lipinski definition) is 1. The van der Waals surface area contributed by atoms with E-state index in [-0.39, 0.29) is 5.56 Å². The molecule has 1 aliphatic carbocycles. The minimum atomic E-state index is -0.915. The van der Waals surface area contributed by atoms with E-state index in [0.717, 1.165) is 41.8 Å². The van der Waals surface area contributed by atoms with Crippen molar-refractivity contribution in [1.82, 2.24) is 9.78 Å². The molecule has 1 amide bonds. The van der Waals surface area contributed by atoms with Crippen LogP contribution in [0, 0.1) is 17.6 Å². The van der Waals surface area contributed by atoms with Gasteiger partial charge in [0.15, 0.2) is 0 Å². The Morgan fingerprint density at radius 3 is 2.62 bits per heavy atom. The zero-order valence-corrected chi connectivity index (χ0v) is 16.4.